The van der Waals surface area contributed by atoms with Gasteiger partial charge in [0.05, 0.1) is 5.56 Å². The second kappa shape index (κ2) is 11.4. The monoisotopic (exact) mass is 563 g/mol. The number of ether oxygens (including phenoxy) is 1. The van der Waals surface area contributed by atoms with E-state index in [1.165, 1.54) is 6.07 Å². The fourth-order valence-corrected chi connectivity index (χ4v) is 5.07. The summed E-state index contributed by atoms with van der Waals surface area (Å²) in [6, 6.07) is 3.51. The number of nitrogens with zero attached hydrogens (tertiary/aromatic N) is 2. The molecule has 1 aromatic rings. The van der Waals surface area contributed by atoms with E-state index >= 15 is 0 Å². The lowest BCUT2D eigenvalue weighted by Gasteiger charge is -2.45. The number of unbranched alkanes of at least 4 members (excludes halogenated alkanes) is 1. The highest BCUT2D eigenvalue weighted by atomic mass is 19.4. The van der Waals surface area contributed by atoms with Crippen molar-refractivity contribution in [1.29, 1.82) is 0 Å². The Balaban J connectivity index is 1.70. The molecule has 1 aromatic carbocycles. The molecular formula is C24H30F9N3O2. The van der Waals surface area contributed by atoms with Crippen LogP contribution in [0.2, 0.25) is 0 Å². The van der Waals surface area contributed by atoms with Crippen LogP contribution in [0.25, 0.3) is 0 Å². The number of benzene rings is 1. The molecular weight excluding hydrogens is 533 g/mol. The van der Waals surface area contributed by atoms with E-state index in [1.54, 1.807) is 0 Å². The average molecular weight is 564 g/mol. The number of carbonyl (C=O) groups is 1. The zero-order valence-corrected chi connectivity index (χ0v) is 20.7. The van der Waals surface area contributed by atoms with Crippen molar-refractivity contribution in [2.75, 3.05) is 31.5 Å². The Morgan fingerprint density at radius 2 is 1.63 bits per heavy atom. The third-order valence-electron chi connectivity index (χ3n) is 7.15. The quantitative estimate of drug-likeness (QED) is 0.287. The fourth-order valence-electron chi connectivity index (χ4n) is 5.07. The number of hydrogen-bond donors (Lipinski definition) is 1. The summed E-state index contributed by atoms with van der Waals surface area (Å²) in [7, 11) is 0. The number of amides is 1. The van der Waals surface area contributed by atoms with Gasteiger partial charge in [-0.3, -0.25) is 4.90 Å². The third-order valence-corrected chi connectivity index (χ3v) is 7.15. The van der Waals surface area contributed by atoms with E-state index in [2.05, 4.69) is 15.0 Å². The maximum absolute atomic E-state index is 13.3. The SMILES string of the molecule is CCCCNc1cc(C(F)(F)F)ccc1CN1CCCC12CCN(C(=O)OC(C(F)(F)F)C(F)(F)F)CC2. The minimum atomic E-state index is -5.79. The molecule has 2 aliphatic heterocycles. The van der Waals surface area contributed by atoms with Crippen molar-refractivity contribution >= 4 is 11.8 Å². The number of piperidine rings is 1. The first-order chi connectivity index (χ1) is 17.6. The number of rotatable bonds is 7. The van der Waals surface area contributed by atoms with E-state index in [1.807, 2.05) is 6.92 Å². The summed E-state index contributed by atoms with van der Waals surface area (Å²) in [6.07, 6.45) is -18.4. The Kier molecular flexibility index (Phi) is 9.04. The molecule has 0 aliphatic carbocycles. The maximum Gasteiger partial charge on any atom is 0.434 e. The molecule has 2 saturated heterocycles. The number of anilines is 1. The summed E-state index contributed by atoms with van der Waals surface area (Å²) in [5.41, 5.74) is -0.246. The molecule has 14 heteroatoms. The highest BCUT2D eigenvalue weighted by Crippen LogP contribution is 2.42. The molecule has 216 valence electrons. The van der Waals surface area contributed by atoms with Crippen molar-refractivity contribution in [1.82, 2.24) is 9.80 Å². The van der Waals surface area contributed by atoms with Gasteiger partial charge in [-0.2, -0.15) is 39.5 Å². The highest BCUT2D eigenvalue weighted by molar-refractivity contribution is 5.68. The first kappa shape index (κ1) is 30.2. The third kappa shape index (κ3) is 7.17. The van der Waals surface area contributed by atoms with E-state index in [4.69, 9.17) is 0 Å². The molecule has 0 unspecified atom stereocenters. The zero-order valence-electron chi connectivity index (χ0n) is 20.7. The van der Waals surface area contributed by atoms with Gasteiger partial charge in [-0.1, -0.05) is 19.4 Å². The van der Waals surface area contributed by atoms with Crippen LogP contribution in [-0.2, 0) is 17.5 Å². The summed E-state index contributed by atoms with van der Waals surface area (Å²) in [4.78, 5) is 15.1. The molecule has 3 rings (SSSR count). The first-order valence-corrected chi connectivity index (χ1v) is 12.3. The molecule has 1 N–H and O–H groups in total. The summed E-state index contributed by atoms with van der Waals surface area (Å²) in [6.45, 7) is 3.16. The summed E-state index contributed by atoms with van der Waals surface area (Å²) in [5, 5.41) is 3.08. The van der Waals surface area contributed by atoms with Crippen LogP contribution < -0.4 is 5.32 Å². The van der Waals surface area contributed by atoms with Crippen LogP contribution in [0.4, 0.5) is 50.0 Å². The summed E-state index contributed by atoms with van der Waals surface area (Å²) < 4.78 is 120. The van der Waals surface area contributed by atoms with Gasteiger partial charge < -0.3 is 15.0 Å². The van der Waals surface area contributed by atoms with Crippen LogP contribution in [0.15, 0.2) is 18.2 Å². The smallest absolute Gasteiger partial charge is 0.426 e. The topological polar surface area (TPSA) is 44.8 Å². The maximum atomic E-state index is 13.3. The van der Waals surface area contributed by atoms with Crippen molar-refractivity contribution in [3.63, 3.8) is 0 Å². The second-order valence-electron chi connectivity index (χ2n) is 9.73. The van der Waals surface area contributed by atoms with Gasteiger partial charge in [0.2, 0.25) is 0 Å². The molecule has 0 radical (unpaired) electrons. The number of carbonyl (C=O) groups excluding carboxylic acids is 1. The molecule has 1 spiro atoms. The Bertz CT molecular complexity index is 941. The van der Waals surface area contributed by atoms with Crippen LogP contribution in [0.1, 0.15) is 56.6 Å². The van der Waals surface area contributed by atoms with Crippen LogP contribution in [0.3, 0.4) is 0 Å². The van der Waals surface area contributed by atoms with E-state index < -0.39 is 41.8 Å². The minimum absolute atomic E-state index is 0.105. The number of likely N-dealkylation sites (tertiary alicyclic amines) is 2. The van der Waals surface area contributed by atoms with Crippen LogP contribution in [0, 0.1) is 0 Å². The zero-order chi connectivity index (χ0) is 28.4. The predicted molar refractivity (Wildman–Crippen MR) is 120 cm³/mol. The van der Waals surface area contributed by atoms with Gasteiger partial charge in [-0.05, 0) is 56.3 Å². The summed E-state index contributed by atoms with van der Waals surface area (Å²) >= 11 is 0. The molecule has 5 nitrogen and oxygen atoms in total. The largest absolute Gasteiger partial charge is 0.434 e. The van der Waals surface area contributed by atoms with Gasteiger partial charge in [-0.25, -0.2) is 4.79 Å². The van der Waals surface area contributed by atoms with Gasteiger partial charge in [0.15, 0.2) is 0 Å². The predicted octanol–water partition coefficient (Wildman–Crippen LogP) is 6.98. The van der Waals surface area contributed by atoms with Gasteiger partial charge in [-0.15, -0.1) is 0 Å². The van der Waals surface area contributed by atoms with E-state index in [9.17, 15) is 44.3 Å². The van der Waals surface area contributed by atoms with Crippen molar-refractivity contribution in [3.05, 3.63) is 29.3 Å². The number of nitrogens with one attached hydrogen (secondary N) is 1. The van der Waals surface area contributed by atoms with Crippen molar-refractivity contribution in [3.8, 4) is 0 Å². The molecule has 0 saturated carbocycles. The Morgan fingerprint density at radius 1 is 1.00 bits per heavy atom. The molecule has 0 bridgehead atoms. The van der Waals surface area contributed by atoms with Gasteiger partial charge in [0.1, 0.15) is 0 Å². The highest BCUT2D eigenvalue weighted by Gasteiger charge is 2.60. The minimum Gasteiger partial charge on any atom is -0.426 e. The van der Waals surface area contributed by atoms with Gasteiger partial charge in [0, 0.05) is 37.4 Å². The molecule has 2 heterocycles. The van der Waals surface area contributed by atoms with Crippen molar-refractivity contribution in [2.45, 2.75) is 82.2 Å². The van der Waals surface area contributed by atoms with Crippen LogP contribution in [0.5, 0.6) is 0 Å². The average Bonchev–Trinajstić information content (AvgIpc) is 3.18. The molecule has 2 fully saturated rings. The fraction of sp³-hybridized carbons (Fsp3) is 0.708. The number of hydrogen-bond acceptors (Lipinski definition) is 4. The van der Waals surface area contributed by atoms with E-state index in [0.717, 1.165) is 36.3 Å². The molecule has 2 aliphatic rings. The lowest BCUT2D eigenvalue weighted by Crippen LogP contribution is -2.54. The lowest BCUT2D eigenvalue weighted by atomic mass is 9.84. The second-order valence-corrected chi connectivity index (χ2v) is 9.73. The molecule has 0 atom stereocenters. The number of halogens is 9. The standard InChI is InChI=1S/C24H30F9N3O2/c1-2-3-10-34-18-14-17(22(25,26)27)6-5-16(18)15-36-11-4-7-21(36)8-12-35(13-9-21)20(37)38-19(23(28,29)30)24(31,32)33/h5-6,14,19,34H,2-4,7-13,15H2,1H3. The van der Waals surface area contributed by atoms with Crippen LogP contribution in [-0.4, -0.2) is 66.1 Å². The van der Waals surface area contributed by atoms with E-state index in [0.29, 0.717) is 37.3 Å². The Morgan fingerprint density at radius 3 is 2.18 bits per heavy atom. The van der Waals surface area contributed by atoms with Gasteiger partial charge >= 0.3 is 24.6 Å². The van der Waals surface area contributed by atoms with Crippen molar-refractivity contribution in [2.24, 2.45) is 0 Å². The summed E-state index contributed by atoms with van der Waals surface area (Å²) in [5.74, 6) is 0. The number of alkyl halides is 9. The van der Waals surface area contributed by atoms with Crippen molar-refractivity contribution < 1.29 is 49.0 Å². The Labute approximate surface area is 214 Å². The lowest BCUT2D eigenvalue weighted by molar-refractivity contribution is -0.308. The molecule has 38 heavy (non-hydrogen) atoms. The first-order valence-electron chi connectivity index (χ1n) is 12.3. The van der Waals surface area contributed by atoms with Gasteiger partial charge in [0.25, 0.3) is 6.10 Å². The normalized spacial score (nSPS) is 18.9. The van der Waals surface area contributed by atoms with Crippen LogP contribution >= 0.6 is 0 Å². The Hall–Kier alpha value is -2.38. The molecule has 0 aromatic heterocycles. The molecule has 1 amide bonds. The van der Waals surface area contributed by atoms with E-state index in [-0.39, 0.29) is 25.9 Å².